The number of methoxy groups -OCH3 is 1. The van der Waals surface area contributed by atoms with Crippen molar-refractivity contribution >= 4 is 23.4 Å². The van der Waals surface area contributed by atoms with Crippen LogP contribution in [-0.2, 0) is 9.53 Å². The van der Waals surface area contributed by atoms with Gasteiger partial charge in [-0.2, -0.15) is 0 Å². The van der Waals surface area contributed by atoms with Gasteiger partial charge in [-0.1, -0.05) is 18.3 Å². The molecular formula is C11H17N3O3S. The molecule has 1 heterocycles. The minimum atomic E-state index is -0.635. The van der Waals surface area contributed by atoms with Crippen LogP contribution < -0.4 is 5.32 Å². The van der Waals surface area contributed by atoms with Crippen LogP contribution in [0, 0.1) is 12.8 Å². The van der Waals surface area contributed by atoms with E-state index in [-0.39, 0.29) is 11.8 Å². The molecule has 1 aromatic heterocycles. The number of rotatable bonds is 5. The number of nitrogens with zero attached hydrogens (tertiary/aromatic N) is 2. The predicted molar refractivity (Wildman–Crippen MR) is 67.4 cm³/mol. The van der Waals surface area contributed by atoms with Crippen LogP contribution in [0.25, 0.3) is 0 Å². The standard InChI is InChI=1S/C11H17N3O3S/c1-6(2)5-8(11(16)17-4)12-10(15)9-7(3)13-14-18-9/h6,8H,5H2,1-4H3,(H,12,15). The lowest BCUT2D eigenvalue weighted by Gasteiger charge is -2.17. The van der Waals surface area contributed by atoms with Crippen LogP contribution in [-0.4, -0.2) is 34.6 Å². The Hall–Kier alpha value is -1.50. The second-order valence-corrected chi connectivity index (χ2v) is 5.12. The molecule has 0 aliphatic carbocycles. The molecule has 0 aliphatic heterocycles. The molecule has 1 aromatic rings. The summed E-state index contributed by atoms with van der Waals surface area (Å²) >= 11 is 1.01. The maximum Gasteiger partial charge on any atom is 0.328 e. The fourth-order valence-corrected chi connectivity index (χ4v) is 2.05. The van der Waals surface area contributed by atoms with Gasteiger partial charge in [-0.05, 0) is 30.8 Å². The molecule has 100 valence electrons. The number of hydrogen-bond acceptors (Lipinski definition) is 6. The zero-order chi connectivity index (χ0) is 13.7. The highest BCUT2D eigenvalue weighted by Crippen LogP contribution is 2.11. The Morgan fingerprint density at radius 3 is 2.56 bits per heavy atom. The minimum Gasteiger partial charge on any atom is -0.467 e. The summed E-state index contributed by atoms with van der Waals surface area (Å²) in [6, 6.07) is -0.635. The molecule has 6 nitrogen and oxygen atoms in total. The van der Waals surface area contributed by atoms with E-state index in [4.69, 9.17) is 0 Å². The lowest BCUT2D eigenvalue weighted by atomic mass is 10.0. The third-order valence-corrected chi connectivity index (χ3v) is 3.18. The van der Waals surface area contributed by atoms with E-state index in [1.54, 1.807) is 6.92 Å². The van der Waals surface area contributed by atoms with Crippen LogP contribution in [0.4, 0.5) is 0 Å². The number of aromatic nitrogens is 2. The molecule has 0 fully saturated rings. The normalized spacial score (nSPS) is 12.3. The Kier molecular flexibility index (Phi) is 5.21. The van der Waals surface area contributed by atoms with Crippen LogP contribution in [0.5, 0.6) is 0 Å². The number of carbonyl (C=O) groups excluding carboxylic acids is 2. The number of esters is 1. The van der Waals surface area contributed by atoms with Crippen molar-refractivity contribution < 1.29 is 14.3 Å². The average molecular weight is 271 g/mol. The number of aryl methyl sites for hydroxylation is 1. The molecule has 1 rings (SSSR count). The van der Waals surface area contributed by atoms with Gasteiger partial charge in [-0.15, -0.1) is 5.10 Å². The third-order valence-electron chi connectivity index (χ3n) is 2.36. The molecule has 1 unspecified atom stereocenters. The third kappa shape index (κ3) is 3.76. The number of ether oxygens (including phenoxy) is 1. The average Bonchev–Trinajstić information content (AvgIpc) is 2.73. The van der Waals surface area contributed by atoms with E-state index in [1.807, 2.05) is 13.8 Å². The van der Waals surface area contributed by atoms with E-state index in [1.165, 1.54) is 7.11 Å². The quantitative estimate of drug-likeness (QED) is 0.813. The highest BCUT2D eigenvalue weighted by Gasteiger charge is 2.24. The Bertz CT molecular complexity index is 431. The molecule has 1 atom stereocenters. The maximum absolute atomic E-state index is 12.0. The molecule has 0 aliphatic rings. The van der Waals surface area contributed by atoms with E-state index in [2.05, 4.69) is 19.6 Å². The highest BCUT2D eigenvalue weighted by molar-refractivity contribution is 7.08. The minimum absolute atomic E-state index is 0.273. The second kappa shape index (κ2) is 6.44. The van der Waals surface area contributed by atoms with Gasteiger partial charge in [-0.25, -0.2) is 4.79 Å². The van der Waals surface area contributed by atoms with Crippen molar-refractivity contribution in [2.75, 3.05) is 7.11 Å². The summed E-state index contributed by atoms with van der Waals surface area (Å²) in [7, 11) is 1.31. The van der Waals surface area contributed by atoms with Gasteiger partial charge in [0.25, 0.3) is 5.91 Å². The molecule has 0 bridgehead atoms. The van der Waals surface area contributed by atoms with Crippen LogP contribution in [0.1, 0.15) is 35.6 Å². The summed E-state index contributed by atoms with van der Waals surface area (Å²) in [4.78, 5) is 23.9. The first-order chi connectivity index (χ1) is 8.45. The Morgan fingerprint density at radius 1 is 1.44 bits per heavy atom. The van der Waals surface area contributed by atoms with Gasteiger partial charge in [0, 0.05) is 0 Å². The molecule has 0 saturated heterocycles. The van der Waals surface area contributed by atoms with Gasteiger partial charge in [0.2, 0.25) is 0 Å². The topological polar surface area (TPSA) is 81.2 Å². The van der Waals surface area contributed by atoms with Crippen molar-refractivity contribution in [2.45, 2.75) is 33.2 Å². The second-order valence-electron chi connectivity index (χ2n) is 4.37. The molecular weight excluding hydrogens is 254 g/mol. The van der Waals surface area contributed by atoms with Crippen molar-refractivity contribution in [1.29, 1.82) is 0 Å². The number of nitrogens with one attached hydrogen (secondary N) is 1. The summed E-state index contributed by atoms with van der Waals surface area (Å²) in [6.45, 7) is 5.65. The molecule has 0 spiro atoms. The lowest BCUT2D eigenvalue weighted by Crippen LogP contribution is -2.42. The fourth-order valence-electron chi connectivity index (χ4n) is 1.49. The van der Waals surface area contributed by atoms with Crippen LogP contribution >= 0.6 is 11.5 Å². The SMILES string of the molecule is COC(=O)C(CC(C)C)NC(=O)c1snnc1C. The summed E-state index contributed by atoms with van der Waals surface area (Å²) in [6.07, 6.45) is 0.531. The Balaban J connectivity index is 2.74. The van der Waals surface area contributed by atoms with Crippen molar-refractivity contribution in [3.63, 3.8) is 0 Å². The van der Waals surface area contributed by atoms with Gasteiger partial charge in [-0.3, -0.25) is 4.79 Å². The summed E-state index contributed by atoms with van der Waals surface area (Å²) in [5, 5.41) is 6.42. The monoisotopic (exact) mass is 271 g/mol. The Labute approximate surface area is 110 Å². The molecule has 1 N–H and O–H groups in total. The first kappa shape index (κ1) is 14.6. The van der Waals surface area contributed by atoms with Crippen molar-refractivity contribution in [3.05, 3.63) is 10.6 Å². The van der Waals surface area contributed by atoms with E-state index in [0.717, 1.165) is 11.5 Å². The highest BCUT2D eigenvalue weighted by atomic mass is 32.1. The first-order valence-corrected chi connectivity index (χ1v) is 6.40. The van der Waals surface area contributed by atoms with Crippen molar-refractivity contribution in [2.24, 2.45) is 5.92 Å². The number of amides is 1. The van der Waals surface area contributed by atoms with Crippen LogP contribution in [0.3, 0.4) is 0 Å². The van der Waals surface area contributed by atoms with Crippen LogP contribution in [0.2, 0.25) is 0 Å². The summed E-state index contributed by atoms with van der Waals surface area (Å²) in [5.41, 5.74) is 0.561. The zero-order valence-corrected chi connectivity index (χ0v) is 11.7. The molecule has 0 aromatic carbocycles. The summed E-state index contributed by atoms with van der Waals surface area (Å²) in [5.74, 6) is -0.499. The molecule has 7 heteroatoms. The van der Waals surface area contributed by atoms with Gasteiger partial charge in [0.1, 0.15) is 10.9 Å². The first-order valence-electron chi connectivity index (χ1n) is 5.63. The Morgan fingerprint density at radius 2 is 2.11 bits per heavy atom. The van der Waals surface area contributed by atoms with Gasteiger partial charge in [0.15, 0.2) is 0 Å². The van der Waals surface area contributed by atoms with E-state index < -0.39 is 12.0 Å². The predicted octanol–water partition coefficient (Wildman–Crippen LogP) is 1.16. The lowest BCUT2D eigenvalue weighted by molar-refractivity contribution is -0.143. The van der Waals surface area contributed by atoms with Gasteiger partial charge >= 0.3 is 5.97 Å². The smallest absolute Gasteiger partial charge is 0.328 e. The fraction of sp³-hybridized carbons (Fsp3) is 0.636. The van der Waals surface area contributed by atoms with Crippen molar-refractivity contribution in [3.8, 4) is 0 Å². The number of carbonyl (C=O) groups is 2. The molecule has 18 heavy (non-hydrogen) atoms. The van der Waals surface area contributed by atoms with Gasteiger partial charge in [0.05, 0.1) is 12.8 Å². The van der Waals surface area contributed by atoms with Crippen molar-refractivity contribution in [1.82, 2.24) is 14.9 Å². The van der Waals surface area contributed by atoms with E-state index in [0.29, 0.717) is 17.0 Å². The molecule has 0 radical (unpaired) electrons. The largest absolute Gasteiger partial charge is 0.467 e. The molecule has 0 saturated carbocycles. The van der Waals surface area contributed by atoms with E-state index in [9.17, 15) is 9.59 Å². The van der Waals surface area contributed by atoms with E-state index >= 15 is 0 Å². The van der Waals surface area contributed by atoms with Crippen LogP contribution in [0.15, 0.2) is 0 Å². The van der Waals surface area contributed by atoms with Gasteiger partial charge < -0.3 is 10.1 Å². The summed E-state index contributed by atoms with van der Waals surface area (Å²) < 4.78 is 8.37. The zero-order valence-electron chi connectivity index (χ0n) is 10.9. The maximum atomic E-state index is 12.0. The molecule has 1 amide bonds. The number of hydrogen-bond donors (Lipinski definition) is 1.